The van der Waals surface area contributed by atoms with E-state index in [1.54, 1.807) is 0 Å². The maximum atomic E-state index is 12.5. The van der Waals surface area contributed by atoms with Gasteiger partial charge in [-0.2, -0.15) is 0 Å². The van der Waals surface area contributed by atoms with E-state index in [0.29, 0.717) is 12.1 Å². The highest BCUT2D eigenvalue weighted by Crippen LogP contribution is 3.02. The van der Waals surface area contributed by atoms with Gasteiger partial charge >= 0.3 is 10.2 Å². The number of benzene rings is 1. The molecule has 108 valence electrons. The Bertz CT molecular complexity index is 523. The lowest BCUT2D eigenvalue weighted by molar-refractivity contribution is -0.118. The van der Waals surface area contributed by atoms with Crippen LogP contribution in [-0.2, 0) is 4.79 Å². The number of carbonyl (C=O) groups is 1. The van der Waals surface area contributed by atoms with Gasteiger partial charge in [-0.3, -0.25) is 4.79 Å². The summed E-state index contributed by atoms with van der Waals surface area (Å²) in [7, 11) is -9.64. The molecule has 0 heterocycles. The van der Waals surface area contributed by atoms with E-state index in [1.165, 1.54) is 25.1 Å². The molecule has 0 spiro atoms. The van der Waals surface area contributed by atoms with Crippen molar-refractivity contribution >= 4 is 22.2 Å². The average molecular weight is 301 g/mol. The quantitative estimate of drug-likeness (QED) is 0.815. The third-order valence-electron chi connectivity index (χ3n) is 2.08. The second-order valence-corrected chi connectivity index (χ2v) is 6.29. The van der Waals surface area contributed by atoms with E-state index in [2.05, 4.69) is 5.32 Å². The zero-order valence-corrected chi connectivity index (χ0v) is 10.7. The normalized spacial score (nSPS) is 15.9. The predicted octanol–water partition coefficient (Wildman–Crippen LogP) is 4.49. The lowest BCUT2D eigenvalue weighted by atomic mass is 10.2. The number of amides is 1. The summed E-state index contributed by atoms with van der Waals surface area (Å²) in [5.74, 6) is -0.301. The van der Waals surface area contributed by atoms with Crippen LogP contribution in [0.5, 0.6) is 0 Å². The molecule has 19 heavy (non-hydrogen) atoms. The Morgan fingerprint density at radius 3 is 2.42 bits per heavy atom. The first-order valence-corrected chi connectivity index (χ1v) is 7.09. The van der Waals surface area contributed by atoms with Crippen molar-refractivity contribution in [2.75, 3.05) is 6.54 Å². The molecule has 0 saturated carbocycles. The minimum Gasteiger partial charge on any atom is -0.353 e. The second-order valence-electron chi connectivity index (χ2n) is 3.88. The van der Waals surface area contributed by atoms with E-state index >= 15 is 0 Å². The third-order valence-corrected chi connectivity index (χ3v) is 3.23. The van der Waals surface area contributed by atoms with Crippen LogP contribution in [0.2, 0.25) is 0 Å². The van der Waals surface area contributed by atoms with Crippen LogP contribution in [0, 0.1) is 0 Å². The molecule has 1 rings (SSSR count). The van der Waals surface area contributed by atoms with Gasteiger partial charge in [-0.05, 0) is 17.7 Å². The molecule has 0 aliphatic carbocycles. The van der Waals surface area contributed by atoms with Gasteiger partial charge in [0.1, 0.15) is 4.90 Å². The second kappa shape index (κ2) is 4.22. The first-order valence-electron chi connectivity index (χ1n) is 5.13. The van der Waals surface area contributed by atoms with Crippen molar-refractivity contribution < 1.29 is 24.2 Å². The Hall–Kier alpha value is -1.57. The number of hydrogen-bond acceptors (Lipinski definition) is 1. The molecule has 0 unspecified atom stereocenters. The van der Waals surface area contributed by atoms with Crippen LogP contribution < -0.4 is 5.32 Å². The van der Waals surface area contributed by atoms with Crippen molar-refractivity contribution in [3.8, 4) is 0 Å². The fraction of sp³-hybridized carbons (Fsp3) is 0.182. The molecule has 0 aliphatic rings. The van der Waals surface area contributed by atoms with Gasteiger partial charge in [-0.25, -0.2) is 0 Å². The molecular weight excluding hydrogens is 289 g/mol. The maximum absolute atomic E-state index is 12.5. The summed E-state index contributed by atoms with van der Waals surface area (Å²) in [5.41, 5.74) is -0.0175. The van der Waals surface area contributed by atoms with E-state index in [0.717, 1.165) is 6.07 Å². The molecule has 1 aromatic carbocycles. The molecule has 8 heteroatoms. The van der Waals surface area contributed by atoms with Crippen LogP contribution >= 0.6 is 10.2 Å². The van der Waals surface area contributed by atoms with Gasteiger partial charge in [0.2, 0.25) is 5.91 Å². The molecule has 0 radical (unpaired) electrons. The SMILES string of the molecule is CC(=O)NCC=Cc1cccc(S(F)(F)(F)(F)F)c1. The smallest absolute Gasteiger partial charge is 0.310 e. The topological polar surface area (TPSA) is 29.1 Å². The van der Waals surface area contributed by atoms with E-state index < -0.39 is 15.1 Å². The van der Waals surface area contributed by atoms with Gasteiger partial charge < -0.3 is 5.32 Å². The Labute approximate surface area is 107 Å². The summed E-state index contributed by atoms with van der Waals surface area (Å²) < 4.78 is 62.7. The van der Waals surface area contributed by atoms with E-state index in [4.69, 9.17) is 0 Å². The molecule has 0 atom stereocenters. The number of rotatable bonds is 4. The highest BCUT2D eigenvalue weighted by molar-refractivity contribution is 8.45. The first-order chi connectivity index (χ1) is 8.38. The summed E-state index contributed by atoms with van der Waals surface area (Å²) in [6.07, 6.45) is 2.59. The standard InChI is InChI=1S/C11H12F5NOS/c1-9(18)17-7-3-5-10-4-2-6-11(8-10)19(12,13,14,15)16/h2-6,8H,7H2,1H3,(H,17,18). The van der Waals surface area contributed by atoms with Crippen LogP contribution in [0.4, 0.5) is 19.4 Å². The van der Waals surface area contributed by atoms with Gasteiger partial charge in [-0.1, -0.05) is 43.7 Å². The Kier molecular flexibility index (Phi) is 3.44. The van der Waals surface area contributed by atoms with Crippen LogP contribution in [0.25, 0.3) is 6.08 Å². The summed E-state index contributed by atoms with van der Waals surface area (Å²) in [4.78, 5) is 8.61. The van der Waals surface area contributed by atoms with Crippen LogP contribution in [-0.4, -0.2) is 12.5 Å². The van der Waals surface area contributed by atoms with Crippen molar-refractivity contribution in [3.05, 3.63) is 35.9 Å². The summed E-state index contributed by atoms with van der Waals surface area (Å²) in [6, 6.07) is 2.89. The minimum absolute atomic E-state index is 0.0175. The van der Waals surface area contributed by atoms with Crippen molar-refractivity contribution in [1.29, 1.82) is 0 Å². The number of carbonyl (C=O) groups excluding carboxylic acids is 1. The van der Waals surface area contributed by atoms with Gasteiger partial charge in [0.25, 0.3) is 0 Å². The molecule has 0 aromatic heterocycles. The molecule has 2 nitrogen and oxygen atoms in total. The van der Waals surface area contributed by atoms with Crippen molar-refractivity contribution in [1.82, 2.24) is 5.32 Å². The summed E-state index contributed by atoms with van der Waals surface area (Å²) in [6.45, 7) is 1.39. The maximum Gasteiger partial charge on any atom is 0.310 e. The molecule has 1 amide bonds. The third kappa shape index (κ3) is 5.29. The highest BCUT2D eigenvalue weighted by atomic mass is 32.5. The van der Waals surface area contributed by atoms with E-state index in [9.17, 15) is 24.2 Å². The lowest BCUT2D eigenvalue weighted by Gasteiger charge is -2.40. The van der Waals surface area contributed by atoms with Crippen LogP contribution in [0.1, 0.15) is 12.5 Å². The van der Waals surface area contributed by atoms with E-state index in [1.807, 2.05) is 0 Å². The molecule has 0 bridgehead atoms. The Balaban J connectivity index is 2.94. The minimum atomic E-state index is -9.64. The van der Waals surface area contributed by atoms with Gasteiger partial charge in [-0.15, -0.1) is 0 Å². The van der Waals surface area contributed by atoms with Gasteiger partial charge in [0.15, 0.2) is 0 Å². The van der Waals surface area contributed by atoms with Crippen LogP contribution in [0.3, 0.4) is 0 Å². The highest BCUT2D eigenvalue weighted by Gasteiger charge is 2.65. The average Bonchev–Trinajstić information content (AvgIpc) is 2.21. The first kappa shape index (κ1) is 15.5. The number of halogens is 5. The summed E-state index contributed by atoms with van der Waals surface area (Å²) >= 11 is 0. The Morgan fingerprint density at radius 1 is 1.26 bits per heavy atom. The molecule has 1 N–H and O–H groups in total. The predicted molar refractivity (Wildman–Crippen MR) is 65.6 cm³/mol. The molecular formula is C11H12F5NOS. The zero-order valence-electron chi connectivity index (χ0n) is 9.88. The van der Waals surface area contributed by atoms with Crippen molar-refractivity contribution in [3.63, 3.8) is 0 Å². The van der Waals surface area contributed by atoms with E-state index in [-0.39, 0.29) is 18.0 Å². The van der Waals surface area contributed by atoms with Gasteiger partial charge in [0, 0.05) is 13.5 Å². The fourth-order valence-electron chi connectivity index (χ4n) is 1.26. The fourth-order valence-corrected chi connectivity index (χ4v) is 1.95. The van der Waals surface area contributed by atoms with Crippen LogP contribution in [0.15, 0.2) is 35.2 Å². The molecule has 0 saturated heterocycles. The molecule has 1 aromatic rings. The number of hydrogen-bond donors (Lipinski definition) is 1. The molecule has 0 fully saturated rings. The van der Waals surface area contributed by atoms with Crippen molar-refractivity contribution in [2.45, 2.75) is 11.8 Å². The summed E-state index contributed by atoms with van der Waals surface area (Å²) in [5, 5.41) is 2.39. The van der Waals surface area contributed by atoms with Gasteiger partial charge in [0.05, 0.1) is 0 Å². The molecule has 0 aliphatic heterocycles. The largest absolute Gasteiger partial charge is 0.353 e. The zero-order chi connectivity index (χ0) is 14.8. The van der Waals surface area contributed by atoms with Crippen molar-refractivity contribution in [2.24, 2.45) is 0 Å². The lowest BCUT2D eigenvalue weighted by Crippen LogP contribution is -2.19. The monoisotopic (exact) mass is 301 g/mol. The Morgan fingerprint density at radius 2 is 1.89 bits per heavy atom. The number of nitrogens with one attached hydrogen (secondary N) is 1.